The fourth-order valence-electron chi connectivity index (χ4n) is 1.81. The zero-order valence-electron chi connectivity index (χ0n) is 10.9. The van der Waals surface area contributed by atoms with Crippen molar-refractivity contribution in [3.63, 3.8) is 0 Å². The third-order valence-corrected chi connectivity index (χ3v) is 3.03. The Bertz CT molecular complexity index is 557. The molecule has 1 aromatic carbocycles. The molecule has 0 unspecified atom stereocenters. The fraction of sp³-hybridized carbons (Fsp3) is 0.286. The SMILES string of the molecule is CCCn1nnc(CN)c1/C=C/c1ccc(Cl)cc1. The number of hydrogen-bond acceptors (Lipinski definition) is 3. The monoisotopic (exact) mass is 276 g/mol. The van der Waals surface area contributed by atoms with Gasteiger partial charge in [0.2, 0.25) is 0 Å². The second-order valence-corrected chi connectivity index (χ2v) is 4.67. The standard InChI is InChI=1S/C14H17ClN4/c1-2-9-19-14(13(10-16)17-18-19)8-5-11-3-6-12(15)7-4-11/h3-8H,2,9-10,16H2,1H3/b8-5+. The lowest BCUT2D eigenvalue weighted by Crippen LogP contribution is -2.03. The Kier molecular flexibility index (Phi) is 4.71. The van der Waals surface area contributed by atoms with Crippen LogP contribution in [-0.2, 0) is 13.1 Å². The summed E-state index contributed by atoms with van der Waals surface area (Å²) in [6.45, 7) is 3.34. The summed E-state index contributed by atoms with van der Waals surface area (Å²) in [6, 6.07) is 7.67. The molecule has 1 heterocycles. The van der Waals surface area contributed by atoms with E-state index < -0.39 is 0 Å². The number of benzene rings is 1. The molecule has 0 spiro atoms. The summed E-state index contributed by atoms with van der Waals surface area (Å²) < 4.78 is 1.88. The van der Waals surface area contributed by atoms with Gasteiger partial charge in [0.1, 0.15) is 5.69 Å². The number of nitrogens with two attached hydrogens (primary N) is 1. The summed E-state index contributed by atoms with van der Waals surface area (Å²) in [5, 5.41) is 8.95. The third-order valence-electron chi connectivity index (χ3n) is 2.78. The minimum atomic E-state index is 0.393. The van der Waals surface area contributed by atoms with Gasteiger partial charge >= 0.3 is 0 Å². The van der Waals surface area contributed by atoms with E-state index in [1.54, 1.807) is 0 Å². The average molecular weight is 277 g/mol. The summed E-state index contributed by atoms with van der Waals surface area (Å²) >= 11 is 5.86. The second-order valence-electron chi connectivity index (χ2n) is 4.23. The van der Waals surface area contributed by atoms with Crippen LogP contribution in [0.3, 0.4) is 0 Å². The maximum atomic E-state index is 5.86. The lowest BCUT2D eigenvalue weighted by atomic mass is 10.2. The fourth-order valence-corrected chi connectivity index (χ4v) is 1.94. The Labute approximate surface area is 117 Å². The molecule has 0 radical (unpaired) electrons. The molecule has 0 aliphatic carbocycles. The molecule has 0 fully saturated rings. The zero-order chi connectivity index (χ0) is 13.7. The van der Waals surface area contributed by atoms with Crippen molar-refractivity contribution in [3.05, 3.63) is 46.2 Å². The van der Waals surface area contributed by atoms with E-state index in [4.69, 9.17) is 17.3 Å². The Hall–Kier alpha value is -1.65. The van der Waals surface area contributed by atoms with Gasteiger partial charge in [-0.15, -0.1) is 5.10 Å². The highest BCUT2D eigenvalue weighted by atomic mass is 35.5. The summed E-state index contributed by atoms with van der Waals surface area (Å²) in [4.78, 5) is 0. The smallest absolute Gasteiger partial charge is 0.104 e. The number of hydrogen-bond donors (Lipinski definition) is 1. The van der Waals surface area contributed by atoms with E-state index in [0.29, 0.717) is 6.54 Å². The lowest BCUT2D eigenvalue weighted by Gasteiger charge is -2.01. The van der Waals surface area contributed by atoms with Crippen LogP contribution in [0.15, 0.2) is 24.3 Å². The van der Waals surface area contributed by atoms with Gasteiger partial charge in [-0.1, -0.05) is 41.9 Å². The first-order chi connectivity index (χ1) is 9.24. The molecule has 0 saturated heterocycles. The molecule has 2 aromatic rings. The van der Waals surface area contributed by atoms with Crippen molar-refractivity contribution >= 4 is 23.8 Å². The van der Waals surface area contributed by atoms with Gasteiger partial charge in [-0.2, -0.15) is 0 Å². The Morgan fingerprint density at radius 3 is 2.63 bits per heavy atom. The van der Waals surface area contributed by atoms with Crippen molar-refractivity contribution in [1.82, 2.24) is 15.0 Å². The molecule has 4 nitrogen and oxygen atoms in total. The molecular formula is C14H17ClN4. The molecule has 0 saturated carbocycles. The van der Waals surface area contributed by atoms with E-state index in [0.717, 1.165) is 34.9 Å². The van der Waals surface area contributed by atoms with Crippen LogP contribution < -0.4 is 5.73 Å². The zero-order valence-corrected chi connectivity index (χ0v) is 11.6. The Balaban J connectivity index is 2.26. The van der Waals surface area contributed by atoms with Gasteiger partial charge < -0.3 is 5.73 Å². The molecule has 100 valence electrons. The summed E-state index contributed by atoms with van der Waals surface area (Å²) in [5.74, 6) is 0. The van der Waals surface area contributed by atoms with Crippen molar-refractivity contribution in [1.29, 1.82) is 0 Å². The first-order valence-corrected chi connectivity index (χ1v) is 6.68. The highest BCUT2D eigenvalue weighted by molar-refractivity contribution is 6.30. The van der Waals surface area contributed by atoms with Crippen molar-refractivity contribution in [2.45, 2.75) is 26.4 Å². The molecular weight excluding hydrogens is 260 g/mol. The minimum Gasteiger partial charge on any atom is -0.325 e. The maximum absolute atomic E-state index is 5.86. The summed E-state index contributed by atoms with van der Waals surface area (Å²) in [5.41, 5.74) is 8.55. The normalized spacial score (nSPS) is 11.3. The van der Waals surface area contributed by atoms with Gasteiger partial charge in [-0.25, -0.2) is 4.68 Å². The van der Waals surface area contributed by atoms with Crippen molar-refractivity contribution in [2.24, 2.45) is 5.73 Å². The number of halogens is 1. The molecule has 2 rings (SSSR count). The molecule has 2 N–H and O–H groups in total. The molecule has 0 bridgehead atoms. The van der Waals surface area contributed by atoms with Crippen LogP contribution >= 0.6 is 11.6 Å². The highest BCUT2D eigenvalue weighted by Gasteiger charge is 2.07. The molecule has 0 aliphatic rings. The van der Waals surface area contributed by atoms with Gasteiger partial charge in [0.15, 0.2) is 0 Å². The van der Waals surface area contributed by atoms with Gasteiger partial charge in [0.05, 0.1) is 5.69 Å². The number of rotatable bonds is 5. The van der Waals surface area contributed by atoms with E-state index >= 15 is 0 Å². The van der Waals surface area contributed by atoms with E-state index in [-0.39, 0.29) is 0 Å². The minimum absolute atomic E-state index is 0.393. The molecule has 0 aliphatic heterocycles. The Morgan fingerprint density at radius 1 is 1.26 bits per heavy atom. The van der Waals surface area contributed by atoms with Gasteiger partial charge in [-0.05, 0) is 30.2 Å². The highest BCUT2D eigenvalue weighted by Crippen LogP contribution is 2.14. The maximum Gasteiger partial charge on any atom is 0.104 e. The number of nitrogens with zero attached hydrogens (tertiary/aromatic N) is 3. The predicted octanol–water partition coefficient (Wildman–Crippen LogP) is 2.97. The molecule has 1 aromatic heterocycles. The van der Waals surface area contributed by atoms with E-state index in [1.807, 2.05) is 41.1 Å². The van der Waals surface area contributed by atoms with Crippen LogP contribution in [0.25, 0.3) is 12.2 Å². The lowest BCUT2D eigenvalue weighted by molar-refractivity contribution is 0.575. The molecule has 0 amide bonds. The van der Waals surface area contributed by atoms with E-state index in [1.165, 1.54) is 0 Å². The van der Waals surface area contributed by atoms with Crippen molar-refractivity contribution < 1.29 is 0 Å². The largest absolute Gasteiger partial charge is 0.325 e. The first kappa shape index (κ1) is 13.8. The predicted molar refractivity (Wildman–Crippen MR) is 78.6 cm³/mol. The average Bonchev–Trinajstić information content (AvgIpc) is 2.81. The second kappa shape index (κ2) is 6.50. The van der Waals surface area contributed by atoms with Crippen LogP contribution in [-0.4, -0.2) is 15.0 Å². The van der Waals surface area contributed by atoms with E-state index in [2.05, 4.69) is 17.2 Å². The van der Waals surface area contributed by atoms with Crippen LogP contribution in [0.2, 0.25) is 5.02 Å². The first-order valence-electron chi connectivity index (χ1n) is 6.30. The number of aryl methyl sites for hydroxylation is 1. The Morgan fingerprint density at radius 2 is 2.00 bits per heavy atom. The topological polar surface area (TPSA) is 56.7 Å². The van der Waals surface area contributed by atoms with Gasteiger partial charge in [0.25, 0.3) is 0 Å². The van der Waals surface area contributed by atoms with Crippen LogP contribution in [0.1, 0.15) is 30.3 Å². The van der Waals surface area contributed by atoms with Gasteiger partial charge in [-0.3, -0.25) is 0 Å². The number of aromatic nitrogens is 3. The van der Waals surface area contributed by atoms with E-state index in [9.17, 15) is 0 Å². The van der Waals surface area contributed by atoms with Crippen LogP contribution in [0.5, 0.6) is 0 Å². The van der Waals surface area contributed by atoms with Crippen molar-refractivity contribution in [2.75, 3.05) is 0 Å². The summed E-state index contributed by atoms with van der Waals surface area (Å²) in [7, 11) is 0. The van der Waals surface area contributed by atoms with Crippen LogP contribution in [0, 0.1) is 0 Å². The quantitative estimate of drug-likeness (QED) is 0.913. The molecule has 19 heavy (non-hydrogen) atoms. The third kappa shape index (κ3) is 3.43. The van der Waals surface area contributed by atoms with Crippen molar-refractivity contribution in [3.8, 4) is 0 Å². The van der Waals surface area contributed by atoms with Crippen LogP contribution in [0.4, 0.5) is 0 Å². The van der Waals surface area contributed by atoms with Gasteiger partial charge in [0, 0.05) is 18.1 Å². The summed E-state index contributed by atoms with van der Waals surface area (Å²) in [6.07, 6.45) is 5.02. The molecule has 0 atom stereocenters. The molecule has 5 heteroatoms.